The van der Waals surface area contributed by atoms with E-state index in [1.807, 2.05) is 44.3 Å². The van der Waals surface area contributed by atoms with Gasteiger partial charge in [-0.05, 0) is 32.4 Å². The molecule has 29 heavy (non-hydrogen) atoms. The number of hydrogen-bond donors (Lipinski definition) is 3. The molecule has 1 amide bonds. The summed E-state index contributed by atoms with van der Waals surface area (Å²) in [5.74, 6) is 0.299. The third kappa shape index (κ3) is 3.97. The van der Waals surface area contributed by atoms with E-state index in [1.165, 1.54) is 17.4 Å². The molecule has 3 N–H and O–H groups in total. The lowest BCUT2D eigenvalue weighted by atomic mass is 10.0. The first-order valence-corrected chi connectivity index (χ1v) is 10.1. The molecular formula is C21H21N5O2S. The smallest absolute Gasteiger partial charge is 0.263 e. The third-order valence-corrected chi connectivity index (χ3v) is 5.82. The number of aromatic amines is 2. The first kappa shape index (κ1) is 19.1. The number of rotatable bonds is 5. The number of thiazole rings is 1. The summed E-state index contributed by atoms with van der Waals surface area (Å²) in [7, 11) is 0. The van der Waals surface area contributed by atoms with Crippen molar-refractivity contribution in [1.82, 2.24) is 25.3 Å². The van der Waals surface area contributed by atoms with Crippen LogP contribution >= 0.6 is 11.3 Å². The van der Waals surface area contributed by atoms with E-state index in [9.17, 15) is 9.59 Å². The van der Waals surface area contributed by atoms with Crippen LogP contribution in [-0.2, 0) is 6.42 Å². The van der Waals surface area contributed by atoms with Gasteiger partial charge in [0.15, 0.2) is 0 Å². The normalized spacial score (nSPS) is 12.2. The molecule has 0 saturated carbocycles. The number of nitrogens with zero attached hydrogens (tertiary/aromatic N) is 2. The van der Waals surface area contributed by atoms with Crippen molar-refractivity contribution in [3.8, 4) is 0 Å². The Labute approximate surface area is 171 Å². The summed E-state index contributed by atoms with van der Waals surface area (Å²) >= 11 is 1.36. The Kier molecular flexibility index (Phi) is 5.02. The van der Waals surface area contributed by atoms with Crippen LogP contribution in [0.5, 0.6) is 0 Å². The van der Waals surface area contributed by atoms with Gasteiger partial charge >= 0.3 is 0 Å². The van der Waals surface area contributed by atoms with Crippen molar-refractivity contribution in [1.29, 1.82) is 0 Å². The summed E-state index contributed by atoms with van der Waals surface area (Å²) in [6, 6.07) is 8.98. The minimum atomic E-state index is -0.454. The largest absolute Gasteiger partial charge is 0.361 e. The Balaban J connectivity index is 1.71. The minimum absolute atomic E-state index is 0.210. The lowest BCUT2D eigenvalue weighted by molar-refractivity contribution is 0.0939. The number of benzene rings is 1. The van der Waals surface area contributed by atoms with Crippen molar-refractivity contribution >= 4 is 28.1 Å². The second-order valence-electron chi connectivity index (χ2n) is 6.99. The molecule has 0 spiro atoms. The van der Waals surface area contributed by atoms with Gasteiger partial charge in [-0.15, -0.1) is 11.3 Å². The van der Waals surface area contributed by atoms with Gasteiger partial charge in [-0.25, -0.2) is 9.97 Å². The second kappa shape index (κ2) is 7.63. The summed E-state index contributed by atoms with van der Waals surface area (Å²) in [6.45, 7) is 5.43. The van der Waals surface area contributed by atoms with Crippen LogP contribution < -0.4 is 10.9 Å². The molecular weight excluding hydrogens is 386 g/mol. The number of hydrogen-bond acceptors (Lipinski definition) is 5. The lowest BCUT2D eigenvalue weighted by Crippen LogP contribution is -2.31. The predicted molar refractivity (Wildman–Crippen MR) is 113 cm³/mol. The summed E-state index contributed by atoms with van der Waals surface area (Å²) in [5, 5.41) is 4.98. The fourth-order valence-corrected chi connectivity index (χ4v) is 4.32. The molecule has 3 heterocycles. The number of aromatic nitrogens is 4. The molecule has 0 aliphatic carbocycles. The number of carbonyl (C=O) groups is 1. The van der Waals surface area contributed by atoms with Crippen LogP contribution in [0.2, 0.25) is 0 Å². The van der Waals surface area contributed by atoms with Gasteiger partial charge in [-0.3, -0.25) is 9.59 Å². The molecule has 0 radical (unpaired) electrons. The van der Waals surface area contributed by atoms with Gasteiger partial charge in [0.1, 0.15) is 10.7 Å². The average Bonchev–Trinajstić information content (AvgIpc) is 3.23. The highest BCUT2D eigenvalue weighted by Gasteiger charge is 2.22. The van der Waals surface area contributed by atoms with E-state index < -0.39 is 6.04 Å². The number of amides is 1. The van der Waals surface area contributed by atoms with Gasteiger partial charge in [0.2, 0.25) is 0 Å². The maximum atomic E-state index is 13.0. The average molecular weight is 407 g/mol. The van der Waals surface area contributed by atoms with Crippen LogP contribution in [0, 0.1) is 20.8 Å². The molecule has 0 unspecified atom stereocenters. The molecule has 3 aromatic heterocycles. The second-order valence-corrected chi connectivity index (χ2v) is 8.20. The van der Waals surface area contributed by atoms with Crippen LogP contribution in [-0.4, -0.2) is 25.8 Å². The molecule has 4 aromatic rings. The topological polar surface area (TPSA) is 104 Å². The molecule has 8 heteroatoms. The van der Waals surface area contributed by atoms with E-state index in [2.05, 4.69) is 25.3 Å². The Hall–Kier alpha value is -3.26. The van der Waals surface area contributed by atoms with Crippen LogP contribution in [0.15, 0.2) is 41.3 Å². The Morgan fingerprint density at radius 2 is 2.00 bits per heavy atom. The van der Waals surface area contributed by atoms with Crippen molar-refractivity contribution in [3.63, 3.8) is 0 Å². The minimum Gasteiger partial charge on any atom is -0.361 e. The highest BCUT2D eigenvalue weighted by atomic mass is 32.1. The summed E-state index contributed by atoms with van der Waals surface area (Å²) < 4.78 is 0. The number of para-hydroxylation sites is 1. The highest BCUT2D eigenvalue weighted by molar-refractivity contribution is 7.13. The first-order chi connectivity index (χ1) is 13.9. The standard InChI is InChI=1S/C21H21N5O2S/c1-11-20(29-13(3)23-11)21(28)26-17(18-9-19(27)25-12(2)24-18)8-14-10-22-16-7-5-4-6-15(14)16/h4-7,9-10,17,22H,8H2,1-3H3,(H,26,28)(H,24,25,27)/t17-/m0/s1. The fraction of sp³-hybridized carbons (Fsp3) is 0.238. The number of fused-ring (bicyclic) bond motifs is 1. The van der Waals surface area contributed by atoms with E-state index in [4.69, 9.17) is 0 Å². The zero-order valence-corrected chi connectivity index (χ0v) is 17.2. The van der Waals surface area contributed by atoms with Gasteiger partial charge in [-0.1, -0.05) is 18.2 Å². The summed E-state index contributed by atoms with van der Waals surface area (Å²) in [4.78, 5) is 40.3. The highest BCUT2D eigenvalue weighted by Crippen LogP contribution is 2.25. The van der Waals surface area contributed by atoms with Gasteiger partial charge in [0.25, 0.3) is 11.5 Å². The molecule has 148 valence electrons. The zero-order chi connectivity index (χ0) is 20.5. The monoisotopic (exact) mass is 407 g/mol. The Morgan fingerprint density at radius 1 is 1.21 bits per heavy atom. The Bertz CT molecular complexity index is 1250. The van der Waals surface area contributed by atoms with Gasteiger partial charge in [0, 0.05) is 29.6 Å². The van der Waals surface area contributed by atoms with Crippen molar-refractivity contribution < 1.29 is 4.79 Å². The molecule has 1 aromatic carbocycles. The third-order valence-electron chi connectivity index (χ3n) is 4.75. The maximum absolute atomic E-state index is 13.0. The van der Waals surface area contributed by atoms with Crippen molar-refractivity contribution in [2.45, 2.75) is 33.2 Å². The zero-order valence-electron chi connectivity index (χ0n) is 16.4. The summed E-state index contributed by atoms with van der Waals surface area (Å²) in [5.41, 5.74) is 3.06. The van der Waals surface area contributed by atoms with E-state index in [0.717, 1.165) is 21.5 Å². The summed E-state index contributed by atoms with van der Waals surface area (Å²) in [6.07, 6.45) is 2.44. The van der Waals surface area contributed by atoms with E-state index >= 15 is 0 Å². The molecule has 4 rings (SSSR count). The van der Waals surface area contributed by atoms with E-state index in [-0.39, 0.29) is 11.5 Å². The number of aryl methyl sites for hydroxylation is 3. The van der Waals surface area contributed by atoms with Crippen LogP contribution in [0.25, 0.3) is 10.9 Å². The predicted octanol–water partition coefficient (Wildman–Crippen LogP) is 3.35. The van der Waals surface area contributed by atoms with E-state index in [0.29, 0.717) is 28.5 Å². The molecule has 0 saturated heterocycles. The van der Waals surface area contributed by atoms with Gasteiger partial charge < -0.3 is 15.3 Å². The SMILES string of the molecule is Cc1nc([C@H](Cc2c[nH]c3ccccc23)NC(=O)c2sc(C)nc2C)cc(=O)[nH]1. The molecule has 0 aliphatic rings. The molecule has 0 aliphatic heterocycles. The molecule has 0 bridgehead atoms. The van der Waals surface area contributed by atoms with Crippen molar-refractivity contribution in [3.05, 3.63) is 79.5 Å². The van der Waals surface area contributed by atoms with Gasteiger partial charge in [-0.2, -0.15) is 0 Å². The number of nitrogens with one attached hydrogen (secondary N) is 3. The maximum Gasteiger partial charge on any atom is 0.263 e. The fourth-order valence-electron chi connectivity index (χ4n) is 3.50. The molecule has 0 fully saturated rings. The quantitative estimate of drug-likeness (QED) is 0.472. The number of carbonyl (C=O) groups excluding carboxylic acids is 1. The molecule has 1 atom stereocenters. The molecule has 7 nitrogen and oxygen atoms in total. The van der Waals surface area contributed by atoms with E-state index in [1.54, 1.807) is 6.92 Å². The lowest BCUT2D eigenvalue weighted by Gasteiger charge is -2.18. The van der Waals surface area contributed by atoms with Crippen LogP contribution in [0.3, 0.4) is 0 Å². The Morgan fingerprint density at radius 3 is 2.72 bits per heavy atom. The van der Waals surface area contributed by atoms with Gasteiger partial charge in [0.05, 0.1) is 22.4 Å². The van der Waals surface area contributed by atoms with Crippen molar-refractivity contribution in [2.75, 3.05) is 0 Å². The first-order valence-electron chi connectivity index (χ1n) is 9.28. The van der Waals surface area contributed by atoms with Crippen LogP contribution in [0.4, 0.5) is 0 Å². The number of H-pyrrole nitrogens is 2. The van der Waals surface area contributed by atoms with Crippen LogP contribution in [0.1, 0.15) is 43.5 Å². The van der Waals surface area contributed by atoms with Crippen molar-refractivity contribution in [2.24, 2.45) is 0 Å².